The Morgan fingerprint density at radius 2 is 2.09 bits per heavy atom. The predicted molar refractivity (Wildman–Crippen MR) is 88.5 cm³/mol. The Kier molecular flexibility index (Phi) is 4.39. The van der Waals surface area contributed by atoms with Crippen LogP contribution in [-0.2, 0) is 11.2 Å². The van der Waals surface area contributed by atoms with Crippen molar-refractivity contribution in [1.82, 2.24) is 4.90 Å². The van der Waals surface area contributed by atoms with E-state index >= 15 is 0 Å². The van der Waals surface area contributed by atoms with E-state index in [9.17, 15) is 14.7 Å². The van der Waals surface area contributed by atoms with E-state index in [0.29, 0.717) is 24.9 Å². The van der Waals surface area contributed by atoms with Gasteiger partial charge in [-0.1, -0.05) is 0 Å². The van der Waals surface area contributed by atoms with Crippen LogP contribution in [0.1, 0.15) is 42.1 Å². The lowest BCUT2D eigenvalue weighted by molar-refractivity contribution is -0.118. The lowest BCUT2D eigenvalue weighted by Gasteiger charge is -2.37. The molecule has 0 radical (unpaired) electrons. The summed E-state index contributed by atoms with van der Waals surface area (Å²) in [5, 5.41) is 9.38. The largest absolute Gasteiger partial charge is 0.396 e. The van der Waals surface area contributed by atoms with Crippen LogP contribution < -0.4 is 4.90 Å². The number of carbonyl (C=O) groups is 2. The van der Waals surface area contributed by atoms with E-state index in [1.807, 2.05) is 23.1 Å². The second-order valence-corrected chi connectivity index (χ2v) is 6.73. The van der Waals surface area contributed by atoms with Crippen LogP contribution in [-0.4, -0.2) is 48.1 Å². The fourth-order valence-electron chi connectivity index (χ4n) is 3.57. The molecule has 0 aliphatic carbocycles. The first kappa shape index (κ1) is 16.0. The fourth-order valence-corrected chi connectivity index (χ4v) is 3.57. The normalized spacial score (nSPS) is 24.6. The van der Waals surface area contributed by atoms with Crippen molar-refractivity contribution >= 4 is 17.5 Å². The summed E-state index contributed by atoms with van der Waals surface area (Å²) in [6.07, 6.45) is 3.08. The molecule has 2 atom stereocenters. The summed E-state index contributed by atoms with van der Waals surface area (Å²) < 4.78 is 0. The molecule has 0 bridgehead atoms. The summed E-state index contributed by atoms with van der Waals surface area (Å²) in [6.45, 7) is 2.82. The molecule has 1 saturated heterocycles. The van der Waals surface area contributed by atoms with Gasteiger partial charge in [-0.2, -0.15) is 0 Å². The van der Waals surface area contributed by atoms with Gasteiger partial charge in [-0.15, -0.1) is 0 Å². The molecule has 1 N–H and O–H groups in total. The van der Waals surface area contributed by atoms with E-state index in [1.165, 1.54) is 0 Å². The van der Waals surface area contributed by atoms with E-state index in [1.54, 1.807) is 11.9 Å². The van der Waals surface area contributed by atoms with E-state index in [0.717, 1.165) is 24.1 Å². The molecule has 1 aromatic carbocycles. The van der Waals surface area contributed by atoms with Gasteiger partial charge in [-0.25, -0.2) is 0 Å². The number of aliphatic hydroxyl groups is 1. The molecule has 0 spiro atoms. The minimum Gasteiger partial charge on any atom is -0.396 e. The van der Waals surface area contributed by atoms with E-state index in [2.05, 4.69) is 6.92 Å². The number of hydrogen-bond acceptors (Lipinski definition) is 3. The molecule has 0 saturated carbocycles. The van der Waals surface area contributed by atoms with Gasteiger partial charge in [0.25, 0.3) is 5.91 Å². The van der Waals surface area contributed by atoms with Crippen molar-refractivity contribution in [2.45, 2.75) is 38.6 Å². The Morgan fingerprint density at radius 1 is 1.30 bits per heavy atom. The van der Waals surface area contributed by atoms with Crippen LogP contribution in [0.3, 0.4) is 0 Å². The third kappa shape index (κ3) is 2.98. The average Bonchev–Trinajstić information content (AvgIpc) is 2.58. The first-order valence-corrected chi connectivity index (χ1v) is 8.32. The number of likely N-dealkylation sites (tertiary alicyclic amines) is 1. The summed E-state index contributed by atoms with van der Waals surface area (Å²) in [4.78, 5) is 28.2. The molecular formula is C18H24N2O3. The number of aliphatic hydroxyl groups excluding tert-OH is 1. The summed E-state index contributed by atoms with van der Waals surface area (Å²) in [6, 6.07) is 5.81. The minimum absolute atomic E-state index is 0.0259. The maximum absolute atomic E-state index is 12.9. The van der Waals surface area contributed by atoms with Crippen molar-refractivity contribution in [3.8, 4) is 0 Å². The Bertz CT molecular complexity index is 629. The number of benzene rings is 1. The molecule has 0 aromatic heterocycles. The standard InChI is InChI=1S/C18H24N2O3/c1-12-3-4-13(11-21)10-20(12)18(23)15-5-7-16-14(9-15)6-8-17(22)19(16)2/h5,7,9,12-13,21H,3-4,6,8,10-11H2,1-2H3. The summed E-state index contributed by atoms with van der Waals surface area (Å²) >= 11 is 0. The number of nitrogens with zero attached hydrogens (tertiary/aromatic N) is 2. The van der Waals surface area contributed by atoms with Gasteiger partial charge >= 0.3 is 0 Å². The van der Waals surface area contributed by atoms with Gasteiger partial charge in [0, 0.05) is 43.9 Å². The lowest BCUT2D eigenvalue weighted by atomic mass is 9.92. The second kappa shape index (κ2) is 6.32. The maximum atomic E-state index is 12.9. The highest BCUT2D eigenvalue weighted by molar-refractivity contribution is 5.99. The van der Waals surface area contributed by atoms with Gasteiger partial charge in [0.15, 0.2) is 0 Å². The smallest absolute Gasteiger partial charge is 0.254 e. The minimum atomic E-state index is 0.0259. The van der Waals surface area contributed by atoms with Crippen LogP contribution in [0.4, 0.5) is 5.69 Å². The highest BCUT2D eigenvalue weighted by Crippen LogP contribution is 2.29. The van der Waals surface area contributed by atoms with Crippen molar-refractivity contribution in [2.75, 3.05) is 25.1 Å². The number of carbonyl (C=O) groups excluding carboxylic acids is 2. The number of anilines is 1. The molecule has 1 fully saturated rings. The highest BCUT2D eigenvalue weighted by atomic mass is 16.3. The van der Waals surface area contributed by atoms with Crippen molar-refractivity contribution in [3.63, 3.8) is 0 Å². The lowest BCUT2D eigenvalue weighted by Crippen LogP contribution is -2.46. The molecule has 2 heterocycles. The molecule has 23 heavy (non-hydrogen) atoms. The zero-order valence-electron chi connectivity index (χ0n) is 13.8. The van der Waals surface area contributed by atoms with Gasteiger partial charge in [0.05, 0.1) is 0 Å². The topological polar surface area (TPSA) is 60.9 Å². The summed E-state index contributed by atoms with van der Waals surface area (Å²) in [5.74, 6) is 0.321. The average molecular weight is 316 g/mol. The molecule has 2 aliphatic heterocycles. The number of amides is 2. The van der Waals surface area contributed by atoms with Crippen molar-refractivity contribution < 1.29 is 14.7 Å². The molecule has 2 unspecified atom stereocenters. The molecule has 5 nitrogen and oxygen atoms in total. The number of aryl methyl sites for hydroxylation is 1. The molecular weight excluding hydrogens is 292 g/mol. The molecule has 1 aromatic rings. The molecule has 124 valence electrons. The zero-order valence-corrected chi connectivity index (χ0v) is 13.8. The number of hydrogen-bond donors (Lipinski definition) is 1. The number of rotatable bonds is 2. The van der Waals surface area contributed by atoms with Crippen molar-refractivity contribution in [3.05, 3.63) is 29.3 Å². The van der Waals surface area contributed by atoms with Gasteiger partial charge < -0.3 is 14.9 Å². The van der Waals surface area contributed by atoms with Gasteiger partial charge in [0.1, 0.15) is 0 Å². The van der Waals surface area contributed by atoms with Crippen LogP contribution in [0.25, 0.3) is 0 Å². The summed E-state index contributed by atoms with van der Waals surface area (Å²) in [7, 11) is 1.78. The van der Waals surface area contributed by atoms with E-state index < -0.39 is 0 Å². The monoisotopic (exact) mass is 316 g/mol. The Labute approximate surface area is 136 Å². The van der Waals surface area contributed by atoms with Crippen molar-refractivity contribution in [2.24, 2.45) is 5.92 Å². The van der Waals surface area contributed by atoms with Gasteiger partial charge in [-0.3, -0.25) is 9.59 Å². The Morgan fingerprint density at radius 3 is 2.83 bits per heavy atom. The zero-order chi connectivity index (χ0) is 16.6. The van der Waals surface area contributed by atoms with Crippen LogP contribution in [0.15, 0.2) is 18.2 Å². The predicted octanol–water partition coefficient (Wildman–Crippen LogP) is 1.83. The Hall–Kier alpha value is -1.88. The van der Waals surface area contributed by atoms with Crippen molar-refractivity contribution in [1.29, 1.82) is 0 Å². The first-order valence-electron chi connectivity index (χ1n) is 8.32. The molecule has 2 amide bonds. The van der Waals surface area contributed by atoms with E-state index in [-0.39, 0.29) is 30.4 Å². The van der Waals surface area contributed by atoms with Gasteiger partial charge in [0.2, 0.25) is 5.91 Å². The van der Waals surface area contributed by atoms with E-state index in [4.69, 9.17) is 0 Å². The van der Waals surface area contributed by atoms with Crippen LogP contribution in [0.2, 0.25) is 0 Å². The van der Waals surface area contributed by atoms with Crippen LogP contribution in [0, 0.1) is 5.92 Å². The maximum Gasteiger partial charge on any atom is 0.254 e. The quantitative estimate of drug-likeness (QED) is 0.905. The molecule has 2 aliphatic rings. The fraction of sp³-hybridized carbons (Fsp3) is 0.556. The molecule has 5 heteroatoms. The summed E-state index contributed by atoms with van der Waals surface area (Å²) in [5.41, 5.74) is 2.64. The van der Waals surface area contributed by atoms with Crippen LogP contribution >= 0.6 is 0 Å². The second-order valence-electron chi connectivity index (χ2n) is 6.73. The third-order valence-corrected chi connectivity index (χ3v) is 5.17. The van der Waals surface area contributed by atoms with Gasteiger partial charge in [-0.05, 0) is 55.9 Å². The van der Waals surface area contributed by atoms with Crippen LogP contribution in [0.5, 0.6) is 0 Å². The first-order chi connectivity index (χ1) is 11.0. The number of piperidine rings is 1. The highest BCUT2D eigenvalue weighted by Gasteiger charge is 2.30. The molecule has 3 rings (SSSR count). The SMILES string of the molecule is CC1CCC(CO)CN1C(=O)c1ccc2c(c1)CCC(=O)N2C. The third-order valence-electron chi connectivity index (χ3n) is 5.17. The Balaban J connectivity index is 1.84. The number of fused-ring (bicyclic) bond motifs is 1.